The van der Waals surface area contributed by atoms with Crippen LogP contribution in [0.1, 0.15) is 30.3 Å². The number of ether oxygens (including phenoxy) is 1. The minimum atomic E-state index is 0.406. The van der Waals surface area contributed by atoms with Crippen molar-refractivity contribution in [3.05, 3.63) is 42.0 Å². The van der Waals surface area contributed by atoms with E-state index in [1.165, 1.54) is 24.7 Å². The van der Waals surface area contributed by atoms with E-state index in [0.717, 1.165) is 24.6 Å². The molecule has 1 fully saturated rings. The Morgan fingerprint density at radius 2 is 2.15 bits per heavy atom. The van der Waals surface area contributed by atoms with Crippen LogP contribution in [-0.2, 0) is 6.42 Å². The number of aromatic nitrogens is 2. The normalized spacial score (nSPS) is 16.1. The summed E-state index contributed by atoms with van der Waals surface area (Å²) in [6.45, 7) is 0.843. The Morgan fingerprint density at radius 1 is 1.35 bits per heavy atom. The summed E-state index contributed by atoms with van der Waals surface area (Å²) in [6, 6.07) is 8.72. The smallest absolute Gasteiger partial charge is 0.227 e. The largest absolute Gasteiger partial charge is 0.497 e. The quantitative estimate of drug-likeness (QED) is 0.839. The summed E-state index contributed by atoms with van der Waals surface area (Å²) < 4.78 is 10.2. The molecule has 1 heterocycles. The molecule has 1 aliphatic rings. The topological polar surface area (TPSA) is 60.2 Å². The van der Waals surface area contributed by atoms with Gasteiger partial charge in [-0.1, -0.05) is 17.3 Å². The molecule has 5 heteroatoms. The van der Waals surface area contributed by atoms with E-state index in [9.17, 15) is 0 Å². The second-order valence-corrected chi connectivity index (χ2v) is 5.13. The highest BCUT2D eigenvalue weighted by atomic mass is 16.5. The van der Waals surface area contributed by atoms with Gasteiger partial charge in [-0.05, 0) is 36.5 Å². The third-order valence-electron chi connectivity index (χ3n) is 3.68. The number of hydrogen-bond donors (Lipinski definition) is 1. The van der Waals surface area contributed by atoms with Crippen LogP contribution in [-0.4, -0.2) is 23.8 Å². The molecule has 5 nitrogen and oxygen atoms in total. The number of methoxy groups -OCH3 is 1. The summed E-state index contributed by atoms with van der Waals surface area (Å²) in [7, 11) is 1.69. The van der Waals surface area contributed by atoms with Crippen LogP contribution < -0.4 is 10.1 Å². The van der Waals surface area contributed by atoms with Gasteiger partial charge in [-0.15, -0.1) is 0 Å². The molecule has 1 unspecified atom stereocenters. The molecule has 0 bridgehead atoms. The Hall–Kier alpha value is -1.88. The SMILES string of the molecule is COc1ccc(C(NCCc2ncno2)C2CC2)cc1. The number of nitrogens with zero attached hydrogens (tertiary/aromatic N) is 2. The van der Waals surface area contributed by atoms with Gasteiger partial charge in [0.2, 0.25) is 5.89 Å². The first-order chi connectivity index (χ1) is 9.86. The van der Waals surface area contributed by atoms with Crippen LogP contribution in [0.25, 0.3) is 0 Å². The monoisotopic (exact) mass is 273 g/mol. The number of hydrogen-bond acceptors (Lipinski definition) is 5. The lowest BCUT2D eigenvalue weighted by Crippen LogP contribution is -2.25. The molecule has 106 valence electrons. The van der Waals surface area contributed by atoms with Gasteiger partial charge in [0.1, 0.15) is 5.75 Å². The van der Waals surface area contributed by atoms with Gasteiger partial charge in [0, 0.05) is 19.0 Å². The lowest BCUT2D eigenvalue weighted by atomic mass is 10.0. The molecule has 1 atom stereocenters. The summed E-state index contributed by atoms with van der Waals surface area (Å²) in [6.07, 6.45) is 4.80. The van der Waals surface area contributed by atoms with Crippen LogP contribution in [0.5, 0.6) is 5.75 Å². The molecular weight excluding hydrogens is 254 g/mol. The summed E-state index contributed by atoms with van der Waals surface area (Å²) in [5.74, 6) is 2.32. The predicted octanol–water partition coefficient (Wildman–Crippen LogP) is 2.36. The Kier molecular flexibility index (Phi) is 3.97. The van der Waals surface area contributed by atoms with Gasteiger partial charge >= 0.3 is 0 Å². The molecule has 20 heavy (non-hydrogen) atoms. The Balaban J connectivity index is 1.60. The molecule has 0 radical (unpaired) electrons. The maximum Gasteiger partial charge on any atom is 0.227 e. The highest BCUT2D eigenvalue weighted by Gasteiger charge is 2.31. The van der Waals surface area contributed by atoms with Crippen molar-refractivity contribution in [2.24, 2.45) is 5.92 Å². The van der Waals surface area contributed by atoms with Crippen LogP contribution in [0.3, 0.4) is 0 Å². The number of rotatable bonds is 7. The van der Waals surface area contributed by atoms with Crippen molar-refractivity contribution in [2.75, 3.05) is 13.7 Å². The van der Waals surface area contributed by atoms with Crippen LogP contribution in [0.2, 0.25) is 0 Å². The molecule has 1 aromatic heterocycles. The summed E-state index contributed by atoms with van der Waals surface area (Å²) in [5.41, 5.74) is 1.32. The maximum atomic E-state index is 5.21. The maximum absolute atomic E-state index is 5.21. The van der Waals surface area contributed by atoms with Crippen LogP contribution in [0.15, 0.2) is 35.1 Å². The van der Waals surface area contributed by atoms with Crippen LogP contribution in [0, 0.1) is 5.92 Å². The van der Waals surface area contributed by atoms with E-state index in [4.69, 9.17) is 9.26 Å². The van der Waals surface area contributed by atoms with E-state index in [-0.39, 0.29) is 0 Å². The fourth-order valence-corrected chi connectivity index (χ4v) is 2.44. The van der Waals surface area contributed by atoms with Crippen LogP contribution >= 0.6 is 0 Å². The third-order valence-corrected chi connectivity index (χ3v) is 3.68. The summed E-state index contributed by atoms with van der Waals surface area (Å²) in [4.78, 5) is 4.03. The van der Waals surface area contributed by atoms with E-state index in [0.29, 0.717) is 11.9 Å². The predicted molar refractivity (Wildman–Crippen MR) is 74.5 cm³/mol. The first-order valence-electron chi connectivity index (χ1n) is 6.99. The lowest BCUT2D eigenvalue weighted by Gasteiger charge is -2.18. The number of benzene rings is 1. The number of nitrogens with one attached hydrogen (secondary N) is 1. The van der Waals surface area contributed by atoms with E-state index in [1.807, 2.05) is 12.1 Å². The van der Waals surface area contributed by atoms with Gasteiger partial charge in [0.15, 0.2) is 6.33 Å². The molecule has 1 saturated carbocycles. The fraction of sp³-hybridized carbons (Fsp3) is 0.467. The second-order valence-electron chi connectivity index (χ2n) is 5.13. The molecular formula is C15H19N3O2. The fourth-order valence-electron chi connectivity index (χ4n) is 2.44. The molecule has 2 aromatic rings. The van der Waals surface area contributed by atoms with Crippen molar-refractivity contribution in [1.82, 2.24) is 15.5 Å². The molecule has 0 saturated heterocycles. The van der Waals surface area contributed by atoms with Gasteiger partial charge in [-0.25, -0.2) is 0 Å². The first kappa shape index (κ1) is 13.1. The average molecular weight is 273 g/mol. The van der Waals surface area contributed by atoms with Gasteiger partial charge in [0.25, 0.3) is 0 Å². The van der Waals surface area contributed by atoms with Crippen molar-refractivity contribution in [2.45, 2.75) is 25.3 Å². The van der Waals surface area contributed by atoms with E-state index < -0.39 is 0 Å². The molecule has 1 N–H and O–H groups in total. The van der Waals surface area contributed by atoms with E-state index in [1.54, 1.807) is 7.11 Å². The highest BCUT2D eigenvalue weighted by Crippen LogP contribution is 2.41. The van der Waals surface area contributed by atoms with Crippen LogP contribution in [0.4, 0.5) is 0 Å². The van der Waals surface area contributed by atoms with Crippen molar-refractivity contribution in [1.29, 1.82) is 0 Å². The van der Waals surface area contributed by atoms with Crippen molar-refractivity contribution >= 4 is 0 Å². The van der Waals surface area contributed by atoms with Gasteiger partial charge in [-0.2, -0.15) is 4.98 Å². The minimum absolute atomic E-state index is 0.406. The molecule has 0 spiro atoms. The Labute approximate surface area is 118 Å². The standard InChI is InChI=1S/C15H19N3O2/c1-19-13-6-4-12(5-7-13)15(11-2-3-11)16-9-8-14-17-10-18-20-14/h4-7,10-11,15-16H,2-3,8-9H2,1H3. The summed E-state index contributed by atoms with van der Waals surface area (Å²) >= 11 is 0. The third kappa shape index (κ3) is 3.17. The molecule has 0 amide bonds. The van der Waals surface area contributed by atoms with E-state index >= 15 is 0 Å². The Morgan fingerprint density at radius 3 is 2.75 bits per heavy atom. The summed E-state index contributed by atoms with van der Waals surface area (Å²) in [5, 5.41) is 7.22. The molecule has 1 aliphatic carbocycles. The highest BCUT2D eigenvalue weighted by molar-refractivity contribution is 5.30. The molecule has 0 aliphatic heterocycles. The molecule has 3 rings (SSSR count). The van der Waals surface area contributed by atoms with E-state index in [2.05, 4.69) is 27.6 Å². The lowest BCUT2D eigenvalue weighted by molar-refractivity contribution is 0.368. The molecule has 1 aromatic carbocycles. The van der Waals surface area contributed by atoms with Gasteiger partial charge in [0.05, 0.1) is 7.11 Å². The zero-order chi connectivity index (χ0) is 13.8. The first-order valence-corrected chi connectivity index (χ1v) is 6.99. The zero-order valence-electron chi connectivity index (χ0n) is 11.6. The minimum Gasteiger partial charge on any atom is -0.497 e. The second kappa shape index (κ2) is 6.05. The Bertz CT molecular complexity index is 521. The zero-order valence-corrected chi connectivity index (χ0v) is 11.6. The van der Waals surface area contributed by atoms with Crippen molar-refractivity contribution in [3.8, 4) is 5.75 Å². The average Bonchev–Trinajstić information content (AvgIpc) is 3.20. The van der Waals surface area contributed by atoms with Gasteiger partial charge in [-0.3, -0.25) is 0 Å². The van der Waals surface area contributed by atoms with Gasteiger partial charge < -0.3 is 14.6 Å². The van der Waals surface area contributed by atoms with Crippen molar-refractivity contribution in [3.63, 3.8) is 0 Å². The van der Waals surface area contributed by atoms with Crippen molar-refractivity contribution < 1.29 is 9.26 Å².